The van der Waals surface area contributed by atoms with Crippen LogP contribution in [0.25, 0.3) is 0 Å². The number of hydrogen-bond donors (Lipinski definition) is 3. The number of aromatic carboxylic acids is 1. The lowest BCUT2D eigenvalue weighted by molar-refractivity contribution is 0.0697. The van der Waals surface area contributed by atoms with Crippen LogP contribution >= 0.6 is 0 Å². The van der Waals surface area contributed by atoms with Crippen LogP contribution in [-0.4, -0.2) is 17.1 Å². The van der Waals surface area contributed by atoms with Gasteiger partial charge in [-0.25, -0.2) is 4.79 Å². The van der Waals surface area contributed by atoms with E-state index in [1.165, 1.54) is 19.3 Å². The molecule has 1 aromatic rings. The summed E-state index contributed by atoms with van der Waals surface area (Å²) in [6.45, 7) is 2.23. The minimum absolute atomic E-state index is 0.277. The van der Waals surface area contributed by atoms with Crippen LogP contribution in [0.1, 0.15) is 49.4 Å². The fraction of sp³-hybridized carbons (Fsp3) is 0.533. The van der Waals surface area contributed by atoms with Crippen molar-refractivity contribution in [3.05, 3.63) is 23.8 Å². The van der Waals surface area contributed by atoms with E-state index in [9.17, 15) is 4.79 Å². The van der Waals surface area contributed by atoms with Crippen LogP contribution in [0.4, 0.5) is 11.4 Å². The van der Waals surface area contributed by atoms with E-state index in [2.05, 4.69) is 12.2 Å². The van der Waals surface area contributed by atoms with E-state index < -0.39 is 5.97 Å². The van der Waals surface area contributed by atoms with Crippen LogP contribution in [0.2, 0.25) is 0 Å². The van der Waals surface area contributed by atoms with Crippen molar-refractivity contribution >= 4 is 17.3 Å². The van der Waals surface area contributed by atoms with E-state index in [4.69, 9.17) is 10.8 Å². The van der Waals surface area contributed by atoms with Gasteiger partial charge in [-0.3, -0.25) is 0 Å². The molecule has 1 aliphatic rings. The Balaban J connectivity index is 2.09. The Morgan fingerprint density at radius 1 is 1.47 bits per heavy atom. The van der Waals surface area contributed by atoms with Gasteiger partial charge in [-0.05, 0) is 37.0 Å². The standard InChI is InChI=1S/C15H22N2O2/c1-2-10-4-3-5-12(8-10)17-14-9-11(15(18)19)6-7-13(14)16/h6-7,9-10,12,17H,2-5,8,16H2,1H3,(H,18,19). The second-order valence-corrected chi connectivity index (χ2v) is 5.39. The van der Waals surface area contributed by atoms with Crippen molar-refractivity contribution < 1.29 is 9.90 Å². The molecule has 0 heterocycles. The Hall–Kier alpha value is -1.71. The molecule has 2 atom stereocenters. The summed E-state index contributed by atoms with van der Waals surface area (Å²) >= 11 is 0. The van der Waals surface area contributed by atoms with E-state index in [1.54, 1.807) is 18.2 Å². The van der Waals surface area contributed by atoms with Crippen molar-refractivity contribution in [2.24, 2.45) is 5.92 Å². The second kappa shape index (κ2) is 5.95. The number of benzene rings is 1. The maximum absolute atomic E-state index is 11.0. The SMILES string of the molecule is CCC1CCCC(Nc2cc(C(=O)O)ccc2N)C1. The molecular formula is C15H22N2O2. The summed E-state index contributed by atoms with van der Waals surface area (Å²) in [5.41, 5.74) is 7.56. The number of carbonyl (C=O) groups is 1. The largest absolute Gasteiger partial charge is 0.478 e. The van der Waals surface area contributed by atoms with Crippen LogP contribution in [0.3, 0.4) is 0 Å². The van der Waals surface area contributed by atoms with E-state index in [0.29, 0.717) is 11.7 Å². The summed E-state index contributed by atoms with van der Waals surface area (Å²) in [5, 5.41) is 12.4. The van der Waals surface area contributed by atoms with Crippen LogP contribution in [0, 0.1) is 5.92 Å². The average molecular weight is 262 g/mol. The van der Waals surface area contributed by atoms with Gasteiger partial charge in [-0.15, -0.1) is 0 Å². The summed E-state index contributed by atoms with van der Waals surface area (Å²) in [6.07, 6.45) is 6.03. The maximum Gasteiger partial charge on any atom is 0.335 e. The highest BCUT2D eigenvalue weighted by molar-refractivity contribution is 5.90. The number of nitrogens with two attached hydrogens (primary N) is 1. The lowest BCUT2D eigenvalue weighted by Gasteiger charge is -2.30. The molecule has 0 saturated heterocycles. The molecule has 1 fully saturated rings. The highest BCUT2D eigenvalue weighted by Gasteiger charge is 2.21. The van der Waals surface area contributed by atoms with Crippen LogP contribution < -0.4 is 11.1 Å². The third-order valence-electron chi connectivity index (χ3n) is 4.02. The zero-order valence-electron chi connectivity index (χ0n) is 11.4. The molecule has 0 radical (unpaired) electrons. The minimum atomic E-state index is -0.918. The Kier molecular flexibility index (Phi) is 4.30. The molecule has 0 bridgehead atoms. The number of rotatable bonds is 4. The third kappa shape index (κ3) is 3.40. The summed E-state index contributed by atoms with van der Waals surface area (Å²) in [6, 6.07) is 5.24. The van der Waals surface area contributed by atoms with Gasteiger partial charge in [0, 0.05) is 6.04 Å². The van der Waals surface area contributed by atoms with Gasteiger partial charge >= 0.3 is 5.97 Å². The van der Waals surface area contributed by atoms with E-state index >= 15 is 0 Å². The second-order valence-electron chi connectivity index (χ2n) is 5.39. The molecule has 2 unspecified atom stereocenters. The Morgan fingerprint density at radius 2 is 2.26 bits per heavy atom. The molecule has 0 amide bonds. The Bertz CT molecular complexity index is 459. The highest BCUT2D eigenvalue weighted by Crippen LogP contribution is 2.30. The Morgan fingerprint density at radius 3 is 2.95 bits per heavy atom. The molecule has 1 aliphatic carbocycles. The fourth-order valence-electron chi connectivity index (χ4n) is 2.83. The molecule has 104 valence electrons. The predicted octanol–water partition coefficient (Wildman–Crippen LogP) is 3.35. The van der Waals surface area contributed by atoms with Gasteiger partial charge < -0.3 is 16.2 Å². The Labute approximate surface area is 114 Å². The average Bonchev–Trinajstić information content (AvgIpc) is 2.41. The summed E-state index contributed by atoms with van der Waals surface area (Å²) in [7, 11) is 0. The summed E-state index contributed by atoms with van der Waals surface area (Å²) in [4.78, 5) is 11.0. The van der Waals surface area contributed by atoms with Crippen LogP contribution in [0.15, 0.2) is 18.2 Å². The molecule has 4 heteroatoms. The third-order valence-corrected chi connectivity index (χ3v) is 4.02. The van der Waals surface area contributed by atoms with Crippen molar-refractivity contribution in [3.63, 3.8) is 0 Å². The molecule has 0 aromatic heterocycles. The summed E-state index contributed by atoms with van der Waals surface area (Å²) < 4.78 is 0. The maximum atomic E-state index is 11.0. The lowest BCUT2D eigenvalue weighted by atomic mass is 9.84. The molecule has 4 N–H and O–H groups in total. The van der Waals surface area contributed by atoms with Crippen molar-refractivity contribution in [2.45, 2.75) is 45.1 Å². The minimum Gasteiger partial charge on any atom is -0.478 e. The van der Waals surface area contributed by atoms with Gasteiger partial charge in [0.25, 0.3) is 0 Å². The topological polar surface area (TPSA) is 75.3 Å². The quantitative estimate of drug-likeness (QED) is 0.727. The molecular weight excluding hydrogens is 240 g/mol. The van der Waals surface area contributed by atoms with Crippen molar-refractivity contribution in [2.75, 3.05) is 11.1 Å². The zero-order valence-corrected chi connectivity index (χ0v) is 11.4. The van der Waals surface area contributed by atoms with Crippen molar-refractivity contribution in [1.29, 1.82) is 0 Å². The summed E-state index contributed by atoms with van der Waals surface area (Å²) in [5.74, 6) is -0.145. The normalized spacial score (nSPS) is 23.0. The first kappa shape index (κ1) is 13.7. The monoisotopic (exact) mass is 262 g/mol. The molecule has 4 nitrogen and oxygen atoms in total. The molecule has 0 aliphatic heterocycles. The van der Waals surface area contributed by atoms with E-state index in [1.807, 2.05) is 0 Å². The van der Waals surface area contributed by atoms with Gasteiger partial charge in [0.1, 0.15) is 0 Å². The van der Waals surface area contributed by atoms with Gasteiger partial charge in [0.15, 0.2) is 0 Å². The molecule has 0 spiro atoms. The van der Waals surface area contributed by atoms with E-state index in [-0.39, 0.29) is 5.56 Å². The van der Waals surface area contributed by atoms with Crippen LogP contribution in [0.5, 0.6) is 0 Å². The van der Waals surface area contributed by atoms with Gasteiger partial charge in [0.2, 0.25) is 0 Å². The van der Waals surface area contributed by atoms with E-state index in [0.717, 1.165) is 24.4 Å². The number of anilines is 2. The number of carboxylic acids is 1. The number of hydrogen-bond acceptors (Lipinski definition) is 3. The first-order valence-electron chi connectivity index (χ1n) is 6.99. The number of nitrogens with one attached hydrogen (secondary N) is 1. The number of nitrogen functional groups attached to an aromatic ring is 1. The highest BCUT2D eigenvalue weighted by atomic mass is 16.4. The smallest absolute Gasteiger partial charge is 0.335 e. The fourth-order valence-corrected chi connectivity index (χ4v) is 2.83. The van der Waals surface area contributed by atoms with Gasteiger partial charge in [-0.2, -0.15) is 0 Å². The molecule has 2 rings (SSSR count). The van der Waals surface area contributed by atoms with Crippen molar-refractivity contribution in [3.8, 4) is 0 Å². The lowest BCUT2D eigenvalue weighted by Crippen LogP contribution is -2.27. The van der Waals surface area contributed by atoms with Gasteiger partial charge in [0.05, 0.1) is 16.9 Å². The predicted molar refractivity (Wildman–Crippen MR) is 77.5 cm³/mol. The van der Waals surface area contributed by atoms with Crippen molar-refractivity contribution in [1.82, 2.24) is 0 Å². The first-order chi connectivity index (χ1) is 9.10. The zero-order chi connectivity index (χ0) is 13.8. The molecule has 1 saturated carbocycles. The first-order valence-corrected chi connectivity index (χ1v) is 6.99. The number of carboxylic acid groups (broad SMARTS) is 1. The van der Waals surface area contributed by atoms with Crippen LogP contribution in [-0.2, 0) is 0 Å². The molecule has 1 aromatic carbocycles. The van der Waals surface area contributed by atoms with Gasteiger partial charge in [-0.1, -0.05) is 26.2 Å². The molecule has 19 heavy (non-hydrogen) atoms.